The first-order valence-electron chi connectivity index (χ1n) is 3.83. The molecule has 1 aromatic carbocycles. The second kappa shape index (κ2) is 5.36. The van der Waals surface area contributed by atoms with Gasteiger partial charge in [0.2, 0.25) is 0 Å². The van der Waals surface area contributed by atoms with Crippen LogP contribution in [0.4, 0.5) is 5.69 Å². The van der Waals surface area contributed by atoms with Gasteiger partial charge in [-0.25, -0.2) is 4.79 Å². The summed E-state index contributed by atoms with van der Waals surface area (Å²) in [6.07, 6.45) is -0.824. The van der Waals surface area contributed by atoms with E-state index in [0.717, 1.165) is 0 Å². The molecule has 0 amide bonds. The summed E-state index contributed by atoms with van der Waals surface area (Å²) >= 11 is 0. The fourth-order valence-electron chi connectivity index (χ4n) is 1.18. The predicted molar refractivity (Wildman–Crippen MR) is 55.6 cm³/mol. The van der Waals surface area contributed by atoms with Gasteiger partial charge in [-0.1, -0.05) is 12.1 Å². The van der Waals surface area contributed by atoms with Crippen LogP contribution in [-0.4, -0.2) is 45.7 Å². The van der Waals surface area contributed by atoms with Crippen molar-refractivity contribution < 1.29 is 15.0 Å². The molecule has 1 unspecified atom stereocenters. The van der Waals surface area contributed by atoms with Gasteiger partial charge < -0.3 is 15.9 Å². The summed E-state index contributed by atoms with van der Waals surface area (Å²) in [5.41, 5.74) is 5.96. The van der Waals surface area contributed by atoms with Crippen LogP contribution in [0.3, 0.4) is 0 Å². The van der Waals surface area contributed by atoms with Gasteiger partial charge in [0.1, 0.15) is 0 Å². The van der Waals surface area contributed by atoms with Gasteiger partial charge in [-0.2, -0.15) is 0 Å². The van der Waals surface area contributed by atoms with Crippen molar-refractivity contribution in [2.24, 2.45) is 0 Å². The molecule has 1 aromatic rings. The molecule has 0 aliphatic heterocycles. The van der Waals surface area contributed by atoms with Crippen LogP contribution in [-0.2, 0) is 0 Å². The van der Waals surface area contributed by atoms with E-state index in [-0.39, 0.29) is 40.8 Å². The minimum atomic E-state index is -1.12. The number of nitrogen functional groups attached to an aromatic ring is 1. The standard InChI is InChI=1S/C9H11NO3.Na.H/c1-5(11)6-3-2-4-7(10)8(6)9(12)13;;/h2-5,11H,10H2,1H3,(H,12,13);;. The van der Waals surface area contributed by atoms with Gasteiger partial charge in [0.15, 0.2) is 0 Å². The Labute approximate surface area is 104 Å². The molecule has 0 bridgehead atoms. The zero-order valence-electron chi connectivity index (χ0n) is 7.19. The molecule has 0 aliphatic rings. The van der Waals surface area contributed by atoms with Crippen LogP contribution in [0.25, 0.3) is 0 Å². The molecule has 0 saturated carbocycles. The number of benzene rings is 1. The van der Waals surface area contributed by atoms with Crippen molar-refractivity contribution in [1.29, 1.82) is 0 Å². The molecule has 4 N–H and O–H groups in total. The molecule has 0 radical (unpaired) electrons. The third kappa shape index (κ3) is 2.72. The summed E-state index contributed by atoms with van der Waals surface area (Å²) < 4.78 is 0. The number of hydrogen-bond donors (Lipinski definition) is 3. The summed E-state index contributed by atoms with van der Waals surface area (Å²) in [4.78, 5) is 10.8. The summed E-state index contributed by atoms with van der Waals surface area (Å²) in [6.45, 7) is 1.50. The predicted octanol–water partition coefficient (Wildman–Crippen LogP) is 0.372. The molecule has 0 fully saturated rings. The Morgan fingerprint density at radius 3 is 2.43 bits per heavy atom. The van der Waals surface area contributed by atoms with Crippen molar-refractivity contribution in [1.82, 2.24) is 0 Å². The van der Waals surface area contributed by atoms with E-state index in [0.29, 0.717) is 5.56 Å². The maximum atomic E-state index is 10.8. The Hall–Kier alpha value is -0.550. The SMILES string of the molecule is CC(O)c1cccc(N)c1C(=O)O.[NaH]. The first-order chi connectivity index (χ1) is 6.04. The molecule has 0 aromatic heterocycles. The number of nitrogens with two attached hydrogens (primary N) is 1. The number of anilines is 1. The maximum absolute atomic E-state index is 10.8. The third-order valence-electron chi connectivity index (χ3n) is 1.79. The van der Waals surface area contributed by atoms with Crippen molar-refractivity contribution in [2.45, 2.75) is 13.0 Å². The molecule has 72 valence electrons. The summed E-state index contributed by atoms with van der Waals surface area (Å²) in [5.74, 6) is -1.12. The van der Waals surface area contributed by atoms with Crippen LogP contribution in [0.2, 0.25) is 0 Å². The Kier molecular flexibility index (Phi) is 5.15. The van der Waals surface area contributed by atoms with Gasteiger partial charge >= 0.3 is 35.5 Å². The number of carboxylic acid groups (broad SMARTS) is 1. The third-order valence-corrected chi connectivity index (χ3v) is 1.79. The molecular weight excluding hydrogens is 193 g/mol. The Morgan fingerprint density at radius 1 is 1.50 bits per heavy atom. The average molecular weight is 205 g/mol. The number of aliphatic hydroxyl groups excluding tert-OH is 1. The fraction of sp³-hybridized carbons (Fsp3) is 0.222. The van der Waals surface area contributed by atoms with Gasteiger partial charge in [-0.05, 0) is 18.6 Å². The van der Waals surface area contributed by atoms with Crippen LogP contribution >= 0.6 is 0 Å². The molecule has 1 rings (SSSR count). The zero-order valence-corrected chi connectivity index (χ0v) is 7.19. The molecule has 1 atom stereocenters. The number of hydrogen-bond acceptors (Lipinski definition) is 3. The van der Waals surface area contributed by atoms with Crippen molar-refractivity contribution in [3.8, 4) is 0 Å². The topological polar surface area (TPSA) is 83.5 Å². The number of carbonyl (C=O) groups is 1. The first kappa shape index (κ1) is 13.4. The summed E-state index contributed by atoms with van der Waals surface area (Å²) in [6, 6.07) is 4.66. The molecule has 0 heterocycles. The first-order valence-corrected chi connectivity index (χ1v) is 3.83. The van der Waals surface area contributed by atoms with Crippen molar-refractivity contribution in [3.05, 3.63) is 29.3 Å². The van der Waals surface area contributed by atoms with E-state index in [4.69, 9.17) is 10.8 Å². The summed E-state index contributed by atoms with van der Waals surface area (Å²) in [5, 5.41) is 18.1. The molecule has 0 spiro atoms. The minimum absolute atomic E-state index is 0. The molecule has 5 heteroatoms. The van der Waals surface area contributed by atoms with Crippen LogP contribution in [0, 0.1) is 0 Å². The Balaban J connectivity index is 0.00000169. The van der Waals surface area contributed by atoms with E-state index in [9.17, 15) is 9.90 Å². The molecule has 14 heavy (non-hydrogen) atoms. The number of carboxylic acids is 1. The molecular formula is C9H12NNaO3. The molecule has 4 nitrogen and oxygen atoms in total. The Morgan fingerprint density at radius 2 is 2.07 bits per heavy atom. The van der Waals surface area contributed by atoms with Gasteiger partial charge in [-0.15, -0.1) is 0 Å². The van der Waals surface area contributed by atoms with E-state index in [2.05, 4.69) is 0 Å². The van der Waals surface area contributed by atoms with Gasteiger partial charge in [0.05, 0.1) is 11.7 Å². The van der Waals surface area contributed by atoms with E-state index in [1.165, 1.54) is 13.0 Å². The van der Waals surface area contributed by atoms with Crippen LogP contribution in [0.5, 0.6) is 0 Å². The van der Waals surface area contributed by atoms with Crippen LogP contribution in [0.1, 0.15) is 28.9 Å². The number of aliphatic hydroxyl groups is 1. The van der Waals surface area contributed by atoms with Gasteiger partial charge in [0.25, 0.3) is 0 Å². The quantitative estimate of drug-likeness (QED) is 0.481. The second-order valence-corrected chi connectivity index (χ2v) is 2.79. The van der Waals surface area contributed by atoms with Gasteiger partial charge in [0, 0.05) is 5.69 Å². The van der Waals surface area contributed by atoms with E-state index in [1.54, 1.807) is 12.1 Å². The Bertz CT molecular complexity index is 339. The average Bonchev–Trinajstić information content (AvgIpc) is 2.02. The zero-order chi connectivity index (χ0) is 10.0. The molecule has 0 aliphatic carbocycles. The van der Waals surface area contributed by atoms with Crippen molar-refractivity contribution in [3.63, 3.8) is 0 Å². The normalized spacial score (nSPS) is 11.6. The molecule has 0 saturated heterocycles. The van der Waals surface area contributed by atoms with Crippen LogP contribution < -0.4 is 5.73 Å². The number of aromatic carboxylic acids is 1. The summed E-state index contributed by atoms with van der Waals surface area (Å²) in [7, 11) is 0. The van der Waals surface area contributed by atoms with Crippen molar-refractivity contribution >= 4 is 41.2 Å². The van der Waals surface area contributed by atoms with E-state index >= 15 is 0 Å². The second-order valence-electron chi connectivity index (χ2n) is 2.79. The van der Waals surface area contributed by atoms with E-state index < -0.39 is 12.1 Å². The fourth-order valence-corrected chi connectivity index (χ4v) is 1.18. The van der Waals surface area contributed by atoms with Crippen LogP contribution in [0.15, 0.2) is 18.2 Å². The van der Waals surface area contributed by atoms with Gasteiger partial charge in [-0.3, -0.25) is 0 Å². The monoisotopic (exact) mass is 205 g/mol. The number of rotatable bonds is 2. The van der Waals surface area contributed by atoms with Crippen molar-refractivity contribution in [2.75, 3.05) is 5.73 Å². The van der Waals surface area contributed by atoms with E-state index in [1.807, 2.05) is 0 Å².